The van der Waals surface area contributed by atoms with Gasteiger partial charge in [-0.15, -0.1) is 0 Å². The van der Waals surface area contributed by atoms with Crippen LogP contribution in [0.4, 0.5) is 0 Å². The van der Waals surface area contributed by atoms with E-state index in [9.17, 15) is 0 Å². The molecule has 1 heteroatoms. The smallest absolute Gasteiger partial charge is 0 e. The van der Waals surface area contributed by atoms with Crippen LogP contribution in [0.3, 0.4) is 0 Å². The van der Waals surface area contributed by atoms with E-state index in [-0.39, 0.29) is 30.7 Å². The summed E-state index contributed by atoms with van der Waals surface area (Å²) in [6.07, 6.45) is 0. The van der Waals surface area contributed by atoms with Gasteiger partial charge in [-0.2, -0.15) is 0 Å². The van der Waals surface area contributed by atoms with E-state index in [0.717, 1.165) is 0 Å². The van der Waals surface area contributed by atoms with Crippen LogP contribution in [0.2, 0.25) is 0 Å². The van der Waals surface area contributed by atoms with E-state index >= 15 is 0 Å². The molecular formula is C9H30B. The Hall–Kier alpha value is 0.0649. The largest absolute Gasteiger partial charge is 0.0776 e. The average molecular weight is 149 g/mol. The normalized spacial score (nSPS) is 1.80. The highest BCUT2D eigenvalue weighted by Crippen LogP contribution is 1.15. The fourth-order valence-corrected chi connectivity index (χ4v) is 0. The molecule has 0 rings (SSSR count). The zero-order valence-electron chi connectivity index (χ0n) is 6.58. The second-order valence-electron chi connectivity index (χ2n) is 0. The number of rotatable bonds is 0. The third-order valence-electron chi connectivity index (χ3n) is 0. The highest BCUT2D eigenvalue weighted by Gasteiger charge is 0.936. The van der Waals surface area contributed by atoms with Gasteiger partial charge in [0.1, 0.15) is 0 Å². The Morgan fingerprint density at radius 2 is 0.400 bits per heavy atom. The molecule has 0 atom stereocenters. The fourth-order valence-electron chi connectivity index (χ4n) is 0. The summed E-state index contributed by atoms with van der Waals surface area (Å²) < 4.78 is 0. The van der Waals surface area contributed by atoms with Crippen molar-refractivity contribution in [1.82, 2.24) is 0 Å². The first-order chi connectivity index (χ1) is 3.00. The van der Waals surface area contributed by atoms with Crippen LogP contribution in [0.1, 0.15) is 63.8 Å². The van der Waals surface area contributed by atoms with Gasteiger partial charge in [0.2, 0.25) is 0 Å². The van der Waals surface area contributed by atoms with Crippen molar-refractivity contribution in [2.45, 2.75) is 63.8 Å². The van der Waals surface area contributed by atoms with Crippen molar-refractivity contribution in [3.05, 3.63) is 0 Å². The lowest BCUT2D eigenvalue weighted by atomic mass is 10.8. The monoisotopic (exact) mass is 149 g/mol. The predicted molar refractivity (Wildman–Crippen MR) is 60.0 cm³/mol. The molecule has 0 aliphatic rings. The summed E-state index contributed by atoms with van der Waals surface area (Å²) in [5, 5.41) is 0. The van der Waals surface area contributed by atoms with Crippen LogP contribution in [0.25, 0.3) is 0 Å². The van der Waals surface area contributed by atoms with Crippen molar-refractivity contribution in [1.29, 1.82) is 0 Å². The van der Waals surface area contributed by atoms with E-state index < -0.39 is 0 Å². The molecule has 69 valence electrons. The minimum Gasteiger partial charge on any atom is -0.0776 e. The molecule has 0 aromatic rings. The van der Waals surface area contributed by atoms with Crippen molar-refractivity contribution in [2.75, 3.05) is 0 Å². The molecule has 0 fully saturated rings. The van der Waals surface area contributed by atoms with Gasteiger partial charge in [0.05, 0.1) is 0 Å². The molecule has 0 aromatic heterocycles. The summed E-state index contributed by atoms with van der Waals surface area (Å²) in [5.74, 6) is 0. The maximum Gasteiger partial charge on any atom is 0 e. The molecule has 0 nitrogen and oxygen atoms in total. The predicted octanol–water partition coefficient (Wildman–Crippen LogP) is 4.61. The van der Waals surface area contributed by atoms with E-state index in [4.69, 9.17) is 0 Å². The summed E-state index contributed by atoms with van der Waals surface area (Å²) in [4.78, 5) is 0. The topological polar surface area (TPSA) is 0 Å². The molecule has 0 saturated carbocycles. The van der Waals surface area contributed by atoms with Crippen molar-refractivity contribution < 1.29 is 0 Å². The van der Waals surface area contributed by atoms with Crippen LogP contribution in [0, 0.1) is 0 Å². The molecule has 0 amide bonds. The molecule has 0 spiro atoms. The molecule has 0 bridgehead atoms. The van der Waals surface area contributed by atoms with Gasteiger partial charge < -0.3 is 0 Å². The van der Waals surface area contributed by atoms with E-state index in [0.29, 0.717) is 0 Å². The lowest BCUT2D eigenvalue weighted by molar-refractivity contribution is 1.50. The third kappa shape index (κ3) is 95500. The fraction of sp³-hybridized carbons (Fsp3) is 1.00. The summed E-state index contributed by atoms with van der Waals surface area (Å²) in [6, 6.07) is 0. The van der Waals surface area contributed by atoms with Crippen LogP contribution >= 0.6 is 0 Å². The number of hydrogen-bond acceptors (Lipinski definition) is 0. The van der Waals surface area contributed by atoms with E-state index in [1.807, 2.05) is 41.5 Å². The van der Waals surface area contributed by atoms with Gasteiger partial charge in [-0.25, -0.2) is 0 Å². The van der Waals surface area contributed by atoms with Gasteiger partial charge in [0, 0.05) is 8.41 Å². The van der Waals surface area contributed by atoms with E-state index in [1.165, 1.54) is 0 Å². The Balaban J connectivity index is -0.00000000225. The van der Waals surface area contributed by atoms with Gasteiger partial charge in [0.15, 0.2) is 0 Å². The highest BCUT2D eigenvalue weighted by molar-refractivity contribution is 5.75. The second-order valence-corrected chi connectivity index (χ2v) is 0. The summed E-state index contributed by atoms with van der Waals surface area (Å²) in [5.41, 5.74) is 0. The second kappa shape index (κ2) is 140000. The Labute approximate surface area is 73.0 Å². The zero-order valence-corrected chi connectivity index (χ0v) is 6.58. The Bertz CT molecular complexity index is 4.69. The van der Waals surface area contributed by atoms with Crippen LogP contribution in [-0.2, 0) is 0 Å². The summed E-state index contributed by atoms with van der Waals surface area (Å²) in [7, 11) is 0. The lowest BCUT2D eigenvalue weighted by Crippen LogP contribution is -0.856. The van der Waals surface area contributed by atoms with Gasteiger partial charge in [-0.3, -0.25) is 0 Å². The van der Waals surface area contributed by atoms with Crippen LogP contribution < -0.4 is 0 Å². The summed E-state index contributed by atoms with van der Waals surface area (Å²) >= 11 is 0. The molecule has 0 aromatic carbocycles. The van der Waals surface area contributed by atoms with E-state index in [1.54, 1.807) is 0 Å². The van der Waals surface area contributed by atoms with Gasteiger partial charge in [-0.05, 0) is 0 Å². The lowest BCUT2D eigenvalue weighted by Gasteiger charge is -1.07. The molecule has 0 saturated heterocycles. The van der Waals surface area contributed by atoms with E-state index in [2.05, 4.69) is 0 Å². The average Bonchev–Trinajstić information content (AvgIpc) is 1.81. The van der Waals surface area contributed by atoms with Crippen molar-refractivity contribution in [2.24, 2.45) is 0 Å². The molecule has 0 N–H and O–H groups in total. The zero-order chi connectivity index (χ0) is 6.00. The van der Waals surface area contributed by atoms with Crippen LogP contribution in [0.15, 0.2) is 0 Å². The van der Waals surface area contributed by atoms with Gasteiger partial charge in [0.25, 0.3) is 0 Å². The number of hydrogen-bond donors (Lipinski definition) is 0. The first-order valence-corrected chi connectivity index (χ1v) is 3.00. The molecule has 0 aliphatic heterocycles. The minimum atomic E-state index is 0. The molecular weight excluding hydrogens is 119 g/mol. The highest BCUT2D eigenvalue weighted by atomic mass is 13.0. The minimum absolute atomic E-state index is 0. The standard InChI is InChI=1S/3C2H6.3CH4.B/c3*1-2;;;;/h3*1-2H3;3*1H4;. The van der Waals surface area contributed by atoms with Gasteiger partial charge >= 0.3 is 0 Å². The maximum atomic E-state index is 2.00. The Morgan fingerprint density at radius 3 is 0.400 bits per heavy atom. The SMILES string of the molecule is C.C.C.CC.CC.CC.[B]. The molecule has 10 heavy (non-hydrogen) atoms. The summed E-state index contributed by atoms with van der Waals surface area (Å²) in [6.45, 7) is 12.0. The van der Waals surface area contributed by atoms with Crippen LogP contribution in [0.5, 0.6) is 0 Å². The first-order valence-electron chi connectivity index (χ1n) is 3.00. The Morgan fingerprint density at radius 1 is 0.400 bits per heavy atom. The molecule has 3 radical (unpaired) electrons. The van der Waals surface area contributed by atoms with Gasteiger partial charge in [-0.1, -0.05) is 63.8 Å². The quantitative estimate of drug-likeness (QED) is 0.441. The van der Waals surface area contributed by atoms with Crippen LogP contribution in [-0.4, -0.2) is 8.41 Å². The first kappa shape index (κ1) is 88.0. The molecule has 0 heterocycles. The van der Waals surface area contributed by atoms with Crippen molar-refractivity contribution >= 4 is 8.41 Å². The van der Waals surface area contributed by atoms with Crippen molar-refractivity contribution in [3.8, 4) is 0 Å². The maximum absolute atomic E-state index is 2.00. The molecule has 0 unspecified atom stereocenters. The molecule has 0 aliphatic carbocycles. The van der Waals surface area contributed by atoms with Crippen molar-refractivity contribution in [3.63, 3.8) is 0 Å². The third-order valence-corrected chi connectivity index (χ3v) is 0. The Kier molecular flexibility index (Phi) is 1230000.